The summed E-state index contributed by atoms with van der Waals surface area (Å²) in [6.07, 6.45) is 3.10. The number of rotatable bonds is 4. The second kappa shape index (κ2) is 8.98. The Labute approximate surface area is 188 Å². The molecule has 0 bridgehead atoms. The monoisotopic (exact) mass is 514 g/mol. The molecule has 1 aliphatic heterocycles. The van der Waals surface area contributed by atoms with Crippen LogP contribution in [0.1, 0.15) is 55.7 Å². The molecule has 2 heterocycles. The molecule has 6 nitrogen and oxygen atoms in total. The lowest BCUT2D eigenvalue weighted by Gasteiger charge is -2.25. The quantitative estimate of drug-likeness (QED) is 0.371. The summed E-state index contributed by atoms with van der Waals surface area (Å²) in [5, 5.41) is 12.6. The van der Waals surface area contributed by atoms with Crippen LogP contribution in [0.3, 0.4) is 0 Å². The number of hydrogen-bond acceptors (Lipinski definition) is 3. The molecule has 2 aromatic rings. The van der Waals surface area contributed by atoms with Crippen molar-refractivity contribution in [3.63, 3.8) is 0 Å². The van der Waals surface area contributed by atoms with Gasteiger partial charge in [-0.25, -0.2) is 9.67 Å². The average Bonchev–Trinajstić information content (AvgIpc) is 3.28. The van der Waals surface area contributed by atoms with Gasteiger partial charge in [0.25, 0.3) is 0 Å². The van der Waals surface area contributed by atoms with Gasteiger partial charge in [0, 0.05) is 42.4 Å². The molecule has 1 aromatic carbocycles. The third-order valence-electron chi connectivity index (χ3n) is 5.34. The van der Waals surface area contributed by atoms with Gasteiger partial charge < -0.3 is 10.6 Å². The molecule has 3 unspecified atom stereocenters. The number of nitrogens with one attached hydrogen (secondary N) is 2. The lowest BCUT2D eigenvalue weighted by molar-refractivity contribution is 0.391. The van der Waals surface area contributed by atoms with Crippen molar-refractivity contribution < 1.29 is 0 Å². The molecular formula is C20H28ClIN6. The van der Waals surface area contributed by atoms with Gasteiger partial charge in [-0.1, -0.05) is 37.6 Å². The van der Waals surface area contributed by atoms with Crippen molar-refractivity contribution in [3.8, 4) is 0 Å². The van der Waals surface area contributed by atoms with Crippen LogP contribution < -0.4 is 10.6 Å². The van der Waals surface area contributed by atoms with E-state index in [0.29, 0.717) is 23.9 Å². The Morgan fingerprint density at radius 1 is 1.32 bits per heavy atom. The summed E-state index contributed by atoms with van der Waals surface area (Å²) < 4.78 is 2.05. The summed E-state index contributed by atoms with van der Waals surface area (Å²) in [5.41, 5.74) is 1.29. The van der Waals surface area contributed by atoms with Crippen LogP contribution in [0.25, 0.3) is 0 Å². The minimum absolute atomic E-state index is 0. The van der Waals surface area contributed by atoms with Crippen molar-refractivity contribution in [2.75, 3.05) is 7.05 Å². The minimum Gasteiger partial charge on any atom is -0.353 e. The number of aryl methyl sites for hydroxylation is 1. The van der Waals surface area contributed by atoms with Gasteiger partial charge in [-0.05, 0) is 30.5 Å². The highest BCUT2D eigenvalue weighted by atomic mass is 127. The fraction of sp³-hybridized carbons (Fsp3) is 0.550. The standard InChI is InChI=1S/C20H27ClN6.HI/c1-12(2)19-25-18-8-7-15(11-27(18)26-19)23-20(22-3)24-17-10-16(17)13-5-4-6-14(21)9-13;/h4-6,9,12,15-17H,7-8,10-11H2,1-3H3,(H2,22,23,24);1H. The molecule has 1 aromatic heterocycles. The number of halogens is 2. The Kier molecular flexibility index (Phi) is 6.85. The van der Waals surface area contributed by atoms with Crippen molar-refractivity contribution >= 4 is 41.5 Å². The largest absolute Gasteiger partial charge is 0.353 e. The van der Waals surface area contributed by atoms with Gasteiger partial charge in [-0.3, -0.25) is 4.99 Å². The van der Waals surface area contributed by atoms with E-state index in [1.54, 1.807) is 0 Å². The Morgan fingerprint density at radius 3 is 2.86 bits per heavy atom. The number of benzene rings is 1. The highest BCUT2D eigenvalue weighted by Crippen LogP contribution is 2.41. The molecule has 8 heteroatoms. The van der Waals surface area contributed by atoms with Crippen LogP contribution >= 0.6 is 35.6 Å². The number of aliphatic imine (C=N–C) groups is 1. The molecule has 152 valence electrons. The Hall–Kier alpha value is -1.35. The summed E-state index contributed by atoms with van der Waals surface area (Å²) in [7, 11) is 1.83. The summed E-state index contributed by atoms with van der Waals surface area (Å²) in [6.45, 7) is 5.10. The molecule has 4 rings (SSSR count). The van der Waals surface area contributed by atoms with E-state index in [4.69, 9.17) is 11.6 Å². The first-order chi connectivity index (χ1) is 13.0. The van der Waals surface area contributed by atoms with Crippen LogP contribution in [0, 0.1) is 0 Å². The third kappa shape index (κ3) is 4.79. The summed E-state index contributed by atoms with van der Waals surface area (Å²) in [4.78, 5) is 9.08. The maximum Gasteiger partial charge on any atom is 0.191 e. The number of fused-ring (bicyclic) bond motifs is 1. The third-order valence-corrected chi connectivity index (χ3v) is 5.58. The predicted molar refractivity (Wildman–Crippen MR) is 124 cm³/mol. The predicted octanol–water partition coefficient (Wildman–Crippen LogP) is 3.71. The smallest absolute Gasteiger partial charge is 0.191 e. The highest BCUT2D eigenvalue weighted by molar-refractivity contribution is 14.0. The van der Waals surface area contributed by atoms with E-state index in [9.17, 15) is 0 Å². The molecule has 28 heavy (non-hydrogen) atoms. The van der Waals surface area contributed by atoms with Gasteiger partial charge in [0.05, 0.1) is 6.54 Å². The normalized spacial score (nSPS) is 23.8. The van der Waals surface area contributed by atoms with Gasteiger partial charge in [-0.15, -0.1) is 24.0 Å². The average molecular weight is 515 g/mol. The van der Waals surface area contributed by atoms with E-state index < -0.39 is 0 Å². The first-order valence-corrected chi connectivity index (χ1v) is 10.1. The molecule has 2 N–H and O–H groups in total. The summed E-state index contributed by atoms with van der Waals surface area (Å²) in [6, 6.07) is 8.87. The van der Waals surface area contributed by atoms with Crippen molar-refractivity contribution in [3.05, 3.63) is 46.5 Å². The second-order valence-corrected chi connectivity index (χ2v) is 8.26. The maximum absolute atomic E-state index is 6.12. The molecule has 0 saturated heterocycles. The van der Waals surface area contributed by atoms with Crippen LogP contribution in [0.5, 0.6) is 0 Å². The summed E-state index contributed by atoms with van der Waals surface area (Å²) >= 11 is 6.12. The summed E-state index contributed by atoms with van der Waals surface area (Å²) in [5.74, 6) is 3.77. The molecule has 2 aliphatic rings. The van der Waals surface area contributed by atoms with Crippen LogP contribution in [0.2, 0.25) is 5.02 Å². The zero-order valence-corrected chi connectivity index (χ0v) is 19.6. The van der Waals surface area contributed by atoms with E-state index in [-0.39, 0.29) is 24.0 Å². The first kappa shape index (κ1) is 21.4. The number of nitrogens with zero attached hydrogens (tertiary/aromatic N) is 4. The van der Waals surface area contributed by atoms with Crippen molar-refractivity contribution in [2.24, 2.45) is 4.99 Å². The fourth-order valence-corrected chi connectivity index (χ4v) is 3.89. The van der Waals surface area contributed by atoms with E-state index >= 15 is 0 Å². The first-order valence-electron chi connectivity index (χ1n) is 9.72. The molecule has 0 amide bonds. The second-order valence-electron chi connectivity index (χ2n) is 7.82. The van der Waals surface area contributed by atoms with Crippen LogP contribution in [-0.2, 0) is 13.0 Å². The van der Waals surface area contributed by atoms with Crippen LogP contribution in [0.15, 0.2) is 29.3 Å². The van der Waals surface area contributed by atoms with Crippen LogP contribution in [-0.4, -0.2) is 39.9 Å². The van der Waals surface area contributed by atoms with Gasteiger partial charge >= 0.3 is 0 Å². The van der Waals surface area contributed by atoms with Gasteiger partial charge in [0.15, 0.2) is 11.8 Å². The van der Waals surface area contributed by atoms with Crippen LogP contribution in [0.4, 0.5) is 0 Å². The number of hydrogen-bond donors (Lipinski definition) is 2. The Balaban J connectivity index is 0.00000225. The molecule has 1 saturated carbocycles. The van der Waals surface area contributed by atoms with Gasteiger partial charge in [0.2, 0.25) is 0 Å². The SMILES string of the molecule is CN=C(NC1CCc2nc(C(C)C)nn2C1)NC1CC1c1cccc(Cl)c1.I. The topological polar surface area (TPSA) is 67.1 Å². The van der Waals surface area contributed by atoms with Gasteiger partial charge in [-0.2, -0.15) is 5.10 Å². The Morgan fingerprint density at radius 2 is 2.14 bits per heavy atom. The number of guanidine groups is 1. The van der Waals surface area contributed by atoms with E-state index in [0.717, 1.165) is 48.4 Å². The molecule has 0 radical (unpaired) electrons. The lowest BCUT2D eigenvalue weighted by atomic mass is 10.1. The van der Waals surface area contributed by atoms with Crippen molar-refractivity contribution in [1.82, 2.24) is 25.4 Å². The Bertz CT molecular complexity index is 849. The molecule has 1 fully saturated rings. The van der Waals surface area contributed by atoms with E-state index in [2.05, 4.69) is 56.4 Å². The van der Waals surface area contributed by atoms with Crippen molar-refractivity contribution in [1.29, 1.82) is 0 Å². The lowest BCUT2D eigenvalue weighted by Crippen LogP contribution is -2.47. The zero-order chi connectivity index (χ0) is 19.0. The maximum atomic E-state index is 6.12. The minimum atomic E-state index is 0. The molecule has 1 aliphatic carbocycles. The number of aromatic nitrogens is 3. The van der Waals surface area contributed by atoms with Crippen molar-refractivity contribution in [2.45, 2.75) is 63.6 Å². The zero-order valence-electron chi connectivity index (χ0n) is 16.5. The fourth-order valence-electron chi connectivity index (χ4n) is 3.69. The molecule has 0 spiro atoms. The van der Waals surface area contributed by atoms with E-state index in [1.165, 1.54) is 5.56 Å². The van der Waals surface area contributed by atoms with E-state index in [1.807, 2.05) is 19.2 Å². The highest BCUT2D eigenvalue weighted by Gasteiger charge is 2.39. The van der Waals surface area contributed by atoms with Gasteiger partial charge in [0.1, 0.15) is 5.82 Å². The molecule has 3 atom stereocenters. The molecular weight excluding hydrogens is 487 g/mol.